The number of fused-ring (bicyclic) bond motifs is 1. The number of piperidine rings is 1. The number of Topliss-reactive ketones (excluding diaryl/α,β-unsaturated/α-hetero) is 2. The molecule has 16 heteroatoms. The number of likely N-dealkylation sites (tertiary alicyclic amines) is 1. The summed E-state index contributed by atoms with van der Waals surface area (Å²) in [5, 5.41) is 18.6. The fraction of sp³-hybridized carbons (Fsp3) is 0.675. The number of carbonyl (C=O) groups excluding carboxylic acids is 2. The monoisotopic (exact) mass is 813 g/mol. The van der Waals surface area contributed by atoms with Gasteiger partial charge < -0.3 is 41.7 Å². The van der Waals surface area contributed by atoms with Crippen LogP contribution in [0, 0.1) is 0 Å². The summed E-state index contributed by atoms with van der Waals surface area (Å²) in [6, 6.07) is 8.31. The average Bonchev–Trinajstić information content (AvgIpc) is 3.65. The number of anilines is 2. The Balaban J connectivity index is 0.967. The molecular weight excluding hydrogens is 750 g/mol. The van der Waals surface area contributed by atoms with Gasteiger partial charge in [-0.05, 0) is 103 Å². The summed E-state index contributed by atoms with van der Waals surface area (Å²) in [5.41, 5.74) is 7.95. The first-order valence-corrected chi connectivity index (χ1v) is 23.5. The lowest BCUT2D eigenvalue weighted by molar-refractivity contribution is -0.121. The molecule has 1 saturated heterocycles. The fourth-order valence-electron chi connectivity index (χ4n) is 7.55. The maximum Gasteiger partial charge on any atom is 0.325 e. The Kier molecular flexibility index (Phi) is 18.6. The molecule has 0 unspecified atom stereocenters. The Labute approximate surface area is 336 Å². The Bertz CT molecular complexity index is 1690. The van der Waals surface area contributed by atoms with Crippen molar-refractivity contribution < 1.29 is 23.9 Å². The number of aryl methyl sites for hydroxylation is 1. The van der Waals surface area contributed by atoms with E-state index in [1.165, 1.54) is 38.5 Å². The minimum atomic E-state index is -4.12. The minimum absolute atomic E-state index is 0.0162. The topological polar surface area (TPSA) is 208 Å². The van der Waals surface area contributed by atoms with Crippen LogP contribution in [-0.2, 0) is 27.1 Å². The molecule has 2 aliphatic rings. The smallest absolute Gasteiger partial charge is 0.325 e. The lowest BCUT2D eigenvalue weighted by Gasteiger charge is -2.32. The molecule has 1 saturated carbocycles. The molecule has 56 heavy (non-hydrogen) atoms. The number of nitrogens with zero attached hydrogens (tertiary/aromatic N) is 4. The van der Waals surface area contributed by atoms with Crippen LogP contribution in [0.2, 0.25) is 0 Å². The summed E-state index contributed by atoms with van der Waals surface area (Å²) < 4.78 is 11.0. The van der Waals surface area contributed by atoms with Gasteiger partial charge in [0.15, 0.2) is 0 Å². The predicted octanol–water partition coefficient (Wildman–Crippen LogP) is 5.39. The highest BCUT2D eigenvalue weighted by molar-refractivity contribution is 7.51. The number of carbonyl (C=O) groups is 2. The molecule has 0 bridgehead atoms. The van der Waals surface area contributed by atoms with Crippen LogP contribution in [0.25, 0.3) is 10.9 Å². The number of ketones is 2. The Morgan fingerprint density at radius 1 is 0.911 bits per heavy atom. The predicted molar refractivity (Wildman–Crippen MR) is 225 cm³/mol. The number of rotatable bonds is 26. The lowest BCUT2D eigenvalue weighted by atomic mass is 9.95. The van der Waals surface area contributed by atoms with Crippen molar-refractivity contribution in [2.24, 2.45) is 5.73 Å². The molecule has 0 amide bonds. The van der Waals surface area contributed by atoms with Crippen molar-refractivity contribution in [3.05, 3.63) is 40.3 Å². The Hall–Kier alpha value is -2.88. The van der Waals surface area contributed by atoms with Gasteiger partial charge in [0.25, 0.3) is 0 Å². The van der Waals surface area contributed by atoms with Gasteiger partial charge in [-0.15, -0.1) is 11.3 Å². The van der Waals surface area contributed by atoms with E-state index in [-0.39, 0.29) is 49.5 Å². The van der Waals surface area contributed by atoms with Gasteiger partial charge in [0.1, 0.15) is 22.4 Å². The van der Waals surface area contributed by atoms with Crippen molar-refractivity contribution in [2.75, 3.05) is 56.1 Å². The van der Waals surface area contributed by atoms with Gasteiger partial charge in [-0.1, -0.05) is 31.4 Å². The molecule has 14 nitrogen and oxygen atoms in total. The number of para-hydroxylation sites is 1. The summed E-state index contributed by atoms with van der Waals surface area (Å²) in [5.74, 6) is 1.24. The molecule has 3 aromatic rings. The molecule has 0 radical (unpaired) electrons. The van der Waals surface area contributed by atoms with Crippen LogP contribution >= 0.6 is 18.9 Å². The maximum atomic E-state index is 12.5. The highest BCUT2D eigenvalue weighted by atomic mass is 32.1. The quantitative estimate of drug-likeness (QED) is 0.0401. The summed E-state index contributed by atoms with van der Waals surface area (Å²) in [6.07, 6.45) is 13.5. The molecule has 2 aromatic heterocycles. The van der Waals surface area contributed by atoms with Crippen molar-refractivity contribution in [2.45, 2.75) is 127 Å². The van der Waals surface area contributed by atoms with Crippen LogP contribution in [0.1, 0.15) is 107 Å². The second-order valence-electron chi connectivity index (χ2n) is 15.5. The van der Waals surface area contributed by atoms with Crippen molar-refractivity contribution in [1.29, 1.82) is 0 Å². The molecular formula is C40H64N9O5PS. The Morgan fingerprint density at radius 2 is 1.70 bits per heavy atom. The zero-order chi connectivity index (χ0) is 39.6. The average molecular weight is 814 g/mol. The second-order valence-corrected chi connectivity index (χ2v) is 18.2. The molecule has 3 heterocycles. The molecule has 1 aliphatic carbocycles. The van der Waals surface area contributed by atoms with E-state index in [1.54, 1.807) is 11.3 Å². The number of nitrogens with two attached hydrogens (primary N) is 1. The standard InChI is InChI=1S/C40H64N9O5PS/c41-35(37(51)16-8-27-55(52,53)54)18-17-33(50)13-7-24-49-25-19-31(20-26-49)46-39-34-14-4-5-15-36(34)47-40(48-39)44-28-38-45-32(29-56-38)12-6-21-42-22-9-23-43-30-10-2-1-3-11-30/h4-5,14-15,29-31,35,42-43H,1-3,6-13,16-28,41H2,(H2,52,53,54)(H2,44,46,47,48)/t35-/m0/s1. The molecule has 0 spiro atoms. The van der Waals surface area contributed by atoms with E-state index in [0.29, 0.717) is 18.9 Å². The van der Waals surface area contributed by atoms with Crippen molar-refractivity contribution in [1.82, 2.24) is 30.5 Å². The molecule has 8 N–H and O–H groups in total. The van der Waals surface area contributed by atoms with Crippen LogP contribution in [0.15, 0.2) is 29.6 Å². The van der Waals surface area contributed by atoms with E-state index in [9.17, 15) is 14.2 Å². The normalized spacial score (nSPS) is 16.6. The summed E-state index contributed by atoms with van der Waals surface area (Å²) in [4.78, 5) is 59.5. The van der Waals surface area contributed by atoms with E-state index in [1.807, 2.05) is 18.2 Å². The number of thiazole rings is 1. The second kappa shape index (κ2) is 23.5. The third kappa shape index (κ3) is 16.2. The number of hydrogen-bond acceptors (Lipinski definition) is 13. The molecule has 1 aromatic carbocycles. The number of benzene rings is 1. The zero-order valence-corrected chi connectivity index (χ0v) is 34.6. The van der Waals surface area contributed by atoms with Crippen molar-refractivity contribution in [3.63, 3.8) is 0 Å². The first-order valence-electron chi connectivity index (χ1n) is 20.8. The van der Waals surface area contributed by atoms with Gasteiger partial charge in [0.05, 0.1) is 30.0 Å². The summed E-state index contributed by atoms with van der Waals surface area (Å²) in [6.45, 7) is 6.43. The fourth-order valence-corrected chi connectivity index (χ4v) is 8.89. The van der Waals surface area contributed by atoms with E-state index in [0.717, 1.165) is 105 Å². The highest BCUT2D eigenvalue weighted by Crippen LogP contribution is 2.35. The van der Waals surface area contributed by atoms with Crippen LogP contribution < -0.4 is 27.0 Å². The van der Waals surface area contributed by atoms with Crippen LogP contribution in [0.4, 0.5) is 11.8 Å². The van der Waals surface area contributed by atoms with E-state index >= 15 is 0 Å². The van der Waals surface area contributed by atoms with Crippen LogP contribution in [0.3, 0.4) is 0 Å². The highest BCUT2D eigenvalue weighted by Gasteiger charge is 2.22. The van der Waals surface area contributed by atoms with Crippen LogP contribution in [0.5, 0.6) is 0 Å². The SMILES string of the molecule is N[C@@H](CCC(=O)CCCN1CCC(Nc2nc(NCc3nc(CCCNCCCNC4CCCCC4)cs3)nc3ccccc23)CC1)C(=O)CCCP(=O)(O)O. The van der Waals surface area contributed by atoms with Gasteiger partial charge in [0, 0.05) is 55.2 Å². The third-order valence-electron chi connectivity index (χ3n) is 10.8. The molecule has 1 atom stereocenters. The van der Waals surface area contributed by atoms with Gasteiger partial charge in [-0.25, -0.2) is 9.97 Å². The van der Waals surface area contributed by atoms with Crippen LogP contribution in [-0.4, -0.2) is 105 Å². The lowest BCUT2D eigenvalue weighted by Crippen LogP contribution is -2.39. The van der Waals surface area contributed by atoms with Gasteiger partial charge in [-0.2, -0.15) is 4.98 Å². The number of hydrogen-bond donors (Lipinski definition) is 7. The molecule has 5 rings (SSSR count). The number of nitrogens with one attached hydrogen (secondary N) is 4. The van der Waals surface area contributed by atoms with Gasteiger partial charge >= 0.3 is 7.60 Å². The number of aromatic nitrogens is 3. The van der Waals surface area contributed by atoms with Crippen molar-refractivity contribution in [3.8, 4) is 0 Å². The largest absolute Gasteiger partial charge is 0.367 e. The van der Waals surface area contributed by atoms with Gasteiger partial charge in [-0.3, -0.25) is 14.2 Å². The zero-order valence-electron chi connectivity index (χ0n) is 32.9. The Morgan fingerprint density at radius 3 is 2.50 bits per heavy atom. The van der Waals surface area contributed by atoms with E-state index in [2.05, 4.69) is 37.6 Å². The minimum Gasteiger partial charge on any atom is -0.367 e. The summed E-state index contributed by atoms with van der Waals surface area (Å²) >= 11 is 1.67. The maximum absolute atomic E-state index is 12.5. The molecule has 2 fully saturated rings. The van der Waals surface area contributed by atoms with Crippen molar-refractivity contribution >= 4 is 53.2 Å². The molecule has 1 aliphatic heterocycles. The third-order valence-corrected chi connectivity index (χ3v) is 12.6. The first kappa shape index (κ1) is 44.2. The van der Waals surface area contributed by atoms with E-state index < -0.39 is 13.6 Å². The summed E-state index contributed by atoms with van der Waals surface area (Å²) in [7, 11) is -4.12. The first-order chi connectivity index (χ1) is 27.1. The van der Waals surface area contributed by atoms with Gasteiger partial charge in [0.2, 0.25) is 5.95 Å². The molecule has 310 valence electrons. The van der Waals surface area contributed by atoms with E-state index in [4.69, 9.17) is 30.5 Å².